The molecule has 1 aromatic rings. The van der Waals surface area contributed by atoms with E-state index in [0.717, 1.165) is 11.6 Å². The van der Waals surface area contributed by atoms with Gasteiger partial charge in [0.1, 0.15) is 5.82 Å². The first kappa shape index (κ1) is 11.9. The average Bonchev–Trinajstić information content (AvgIpc) is 2.21. The number of hydrogen-bond acceptors (Lipinski definition) is 1. The highest BCUT2D eigenvalue weighted by Gasteiger charge is 2.08. The maximum absolute atomic E-state index is 13.1. The molecular formula is C10H9ClF3N. The highest BCUT2D eigenvalue weighted by atomic mass is 35.5. The molecule has 0 atom stereocenters. The van der Waals surface area contributed by atoms with Gasteiger partial charge in [-0.25, -0.2) is 13.2 Å². The Balaban J connectivity index is 2.82. The molecule has 1 nitrogen and oxygen atoms in total. The molecule has 0 spiro atoms. The van der Waals surface area contributed by atoms with E-state index in [0.29, 0.717) is 6.07 Å². The van der Waals surface area contributed by atoms with Gasteiger partial charge in [-0.3, -0.25) is 0 Å². The van der Waals surface area contributed by atoms with Gasteiger partial charge in [0, 0.05) is 24.2 Å². The van der Waals surface area contributed by atoms with Crippen LogP contribution in [0.1, 0.15) is 6.92 Å². The molecule has 0 amide bonds. The third-order valence-electron chi connectivity index (χ3n) is 1.75. The van der Waals surface area contributed by atoms with Gasteiger partial charge in [-0.15, -0.1) is 0 Å². The summed E-state index contributed by atoms with van der Waals surface area (Å²) >= 11 is 5.38. The molecule has 1 N–H and O–H groups in total. The van der Waals surface area contributed by atoms with E-state index in [1.54, 1.807) is 6.92 Å². The van der Waals surface area contributed by atoms with Gasteiger partial charge in [-0.2, -0.15) is 0 Å². The number of benzene rings is 1. The van der Waals surface area contributed by atoms with Crippen molar-refractivity contribution >= 4 is 17.3 Å². The van der Waals surface area contributed by atoms with E-state index in [-0.39, 0.29) is 12.2 Å². The highest BCUT2D eigenvalue weighted by molar-refractivity contribution is 6.25. The van der Waals surface area contributed by atoms with Crippen LogP contribution in [0.4, 0.5) is 18.9 Å². The molecule has 82 valence electrons. The molecule has 0 saturated heterocycles. The maximum Gasteiger partial charge on any atom is 0.161 e. The van der Waals surface area contributed by atoms with E-state index in [1.165, 1.54) is 5.54 Å². The van der Waals surface area contributed by atoms with E-state index in [9.17, 15) is 13.2 Å². The topological polar surface area (TPSA) is 12.0 Å². The lowest BCUT2D eigenvalue weighted by Gasteiger charge is -2.07. The van der Waals surface area contributed by atoms with Crippen molar-refractivity contribution in [2.75, 3.05) is 11.9 Å². The Kier molecular flexibility index (Phi) is 4.03. The van der Waals surface area contributed by atoms with E-state index in [1.807, 2.05) is 0 Å². The molecule has 0 radical (unpaired) electrons. The van der Waals surface area contributed by atoms with E-state index < -0.39 is 17.5 Å². The minimum absolute atomic E-state index is 0.0910. The van der Waals surface area contributed by atoms with Gasteiger partial charge in [-0.05, 0) is 12.5 Å². The monoisotopic (exact) mass is 235 g/mol. The lowest BCUT2D eigenvalue weighted by atomic mass is 10.2. The fraction of sp³-hybridized carbons (Fsp3) is 0.200. The molecule has 15 heavy (non-hydrogen) atoms. The number of hydrogen-bond donors (Lipinski definition) is 1. The highest BCUT2D eigenvalue weighted by Crippen LogP contribution is 2.18. The zero-order valence-electron chi connectivity index (χ0n) is 7.95. The van der Waals surface area contributed by atoms with Gasteiger partial charge < -0.3 is 5.32 Å². The van der Waals surface area contributed by atoms with Crippen molar-refractivity contribution in [1.29, 1.82) is 0 Å². The summed E-state index contributed by atoms with van der Waals surface area (Å²) in [4.78, 5) is 0. The van der Waals surface area contributed by atoms with Gasteiger partial charge in [0.05, 0.1) is 5.69 Å². The second kappa shape index (κ2) is 5.07. The first-order valence-electron chi connectivity index (χ1n) is 4.19. The van der Waals surface area contributed by atoms with Gasteiger partial charge in [0.25, 0.3) is 0 Å². The van der Waals surface area contributed by atoms with Crippen molar-refractivity contribution in [3.05, 3.63) is 40.7 Å². The summed E-state index contributed by atoms with van der Waals surface area (Å²) in [6, 6.07) is 1.27. The molecule has 1 rings (SSSR count). The fourth-order valence-electron chi connectivity index (χ4n) is 0.931. The van der Waals surface area contributed by atoms with Crippen LogP contribution in [-0.4, -0.2) is 6.54 Å². The molecule has 0 unspecified atom stereocenters. The Bertz CT molecular complexity index is 390. The molecule has 0 saturated carbocycles. The molecule has 0 heterocycles. The Hall–Kier alpha value is -1.16. The summed E-state index contributed by atoms with van der Waals surface area (Å²) in [5.41, 5.74) is 1.98. The minimum Gasteiger partial charge on any atom is -0.379 e. The second-order valence-electron chi connectivity index (χ2n) is 3.06. The molecule has 0 bridgehead atoms. The molecular weight excluding hydrogens is 227 g/mol. The summed E-state index contributed by atoms with van der Waals surface area (Å²) in [5.74, 6) is -3.13. The van der Waals surface area contributed by atoms with Gasteiger partial charge in [0.2, 0.25) is 0 Å². The van der Waals surface area contributed by atoms with Crippen LogP contribution in [0.15, 0.2) is 23.2 Å². The van der Waals surface area contributed by atoms with Crippen LogP contribution in [0.25, 0.3) is 0 Å². The lowest BCUT2D eigenvalue weighted by molar-refractivity contribution is 0.496. The Morgan fingerprint density at radius 2 is 1.87 bits per heavy atom. The van der Waals surface area contributed by atoms with Crippen molar-refractivity contribution in [2.45, 2.75) is 6.92 Å². The Morgan fingerprint density at radius 3 is 2.47 bits per heavy atom. The quantitative estimate of drug-likeness (QED) is 0.789. The van der Waals surface area contributed by atoms with E-state index >= 15 is 0 Å². The molecule has 0 aliphatic carbocycles. The van der Waals surface area contributed by atoms with Crippen molar-refractivity contribution in [3.63, 3.8) is 0 Å². The number of rotatable bonds is 3. The zero-order chi connectivity index (χ0) is 11.4. The molecule has 0 aromatic heterocycles. The smallest absolute Gasteiger partial charge is 0.161 e. The standard InChI is InChI=1S/C10H9ClF3N/c1-6(4-11)5-15-10-3-8(13)7(12)2-9(10)14/h2-4,15H,5H2,1H3/b6-4-. The second-order valence-corrected chi connectivity index (χ2v) is 3.27. The van der Waals surface area contributed by atoms with Crippen LogP contribution in [0.2, 0.25) is 0 Å². The molecule has 1 aromatic carbocycles. The summed E-state index contributed by atoms with van der Waals surface area (Å²) in [6.45, 7) is 1.99. The molecule has 0 fully saturated rings. The minimum atomic E-state index is -1.21. The van der Waals surface area contributed by atoms with Gasteiger partial charge in [0.15, 0.2) is 11.6 Å². The zero-order valence-corrected chi connectivity index (χ0v) is 8.71. The van der Waals surface area contributed by atoms with Crippen LogP contribution in [-0.2, 0) is 0 Å². The molecule has 0 aliphatic rings. The third-order valence-corrected chi connectivity index (χ3v) is 2.13. The lowest BCUT2D eigenvalue weighted by Crippen LogP contribution is -2.05. The predicted molar refractivity (Wildman–Crippen MR) is 54.4 cm³/mol. The van der Waals surface area contributed by atoms with Crippen LogP contribution >= 0.6 is 11.6 Å². The summed E-state index contributed by atoms with van der Waals surface area (Å²) in [7, 11) is 0. The largest absolute Gasteiger partial charge is 0.379 e. The average molecular weight is 236 g/mol. The number of halogens is 4. The van der Waals surface area contributed by atoms with E-state index in [4.69, 9.17) is 11.6 Å². The Labute approximate surface area is 90.6 Å². The summed E-state index contributed by atoms with van der Waals surface area (Å²) in [6.07, 6.45) is 0. The van der Waals surface area contributed by atoms with Crippen molar-refractivity contribution < 1.29 is 13.2 Å². The number of nitrogens with one attached hydrogen (secondary N) is 1. The predicted octanol–water partition coefficient (Wildman–Crippen LogP) is 3.66. The summed E-state index contributed by atoms with van der Waals surface area (Å²) < 4.78 is 38.4. The SMILES string of the molecule is C/C(=C/Cl)CNc1cc(F)c(F)cc1F. The van der Waals surface area contributed by atoms with Crippen molar-refractivity contribution in [3.8, 4) is 0 Å². The van der Waals surface area contributed by atoms with Gasteiger partial charge in [-0.1, -0.05) is 11.6 Å². The first-order valence-corrected chi connectivity index (χ1v) is 4.62. The summed E-state index contributed by atoms with van der Waals surface area (Å²) in [5, 5.41) is 2.60. The van der Waals surface area contributed by atoms with Crippen LogP contribution in [0, 0.1) is 17.5 Å². The van der Waals surface area contributed by atoms with Gasteiger partial charge >= 0.3 is 0 Å². The van der Waals surface area contributed by atoms with Crippen molar-refractivity contribution in [1.82, 2.24) is 0 Å². The van der Waals surface area contributed by atoms with E-state index in [2.05, 4.69) is 5.32 Å². The number of anilines is 1. The third kappa shape index (κ3) is 3.16. The Morgan fingerprint density at radius 1 is 1.27 bits per heavy atom. The fourth-order valence-corrected chi connectivity index (χ4v) is 1.01. The maximum atomic E-state index is 13.1. The van der Waals surface area contributed by atoms with Crippen LogP contribution in [0.3, 0.4) is 0 Å². The van der Waals surface area contributed by atoms with Crippen LogP contribution < -0.4 is 5.32 Å². The molecule has 0 aliphatic heterocycles. The normalized spacial score (nSPS) is 11.7. The van der Waals surface area contributed by atoms with Crippen molar-refractivity contribution in [2.24, 2.45) is 0 Å². The van der Waals surface area contributed by atoms with Crippen LogP contribution in [0.5, 0.6) is 0 Å². The first-order chi connectivity index (χ1) is 7.04. The molecule has 5 heteroatoms.